The average Bonchev–Trinajstić information content (AvgIpc) is 3.13. The third kappa shape index (κ3) is 2.04. The van der Waals surface area contributed by atoms with Gasteiger partial charge >= 0.3 is 0 Å². The van der Waals surface area contributed by atoms with Crippen LogP contribution in [-0.4, -0.2) is 9.97 Å². The van der Waals surface area contributed by atoms with Crippen LogP contribution in [0.5, 0.6) is 0 Å². The lowest BCUT2D eigenvalue weighted by Gasteiger charge is -2.14. The summed E-state index contributed by atoms with van der Waals surface area (Å²) in [5, 5.41) is 2.57. The van der Waals surface area contributed by atoms with Crippen LogP contribution in [0.1, 0.15) is 30.5 Å². The van der Waals surface area contributed by atoms with Gasteiger partial charge < -0.3 is 9.97 Å². The van der Waals surface area contributed by atoms with Gasteiger partial charge in [0.25, 0.3) is 0 Å². The first-order valence-electron chi connectivity index (χ1n) is 7.50. The Bertz CT molecular complexity index is 863. The summed E-state index contributed by atoms with van der Waals surface area (Å²) in [6.45, 7) is 2.25. The van der Waals surface area contributed by atoms with Crippen LogP contribution in [0, 0.1) is 0 Å². The van der Waals surface area contributed by atoms with Gasteiger partial charge in [-0.2, -0.15) is 0 Å². The van der Waals surface area contributed by atoms with Crippen molar-refractivity contribution in [2.24, 2.45) is 0 Å². The number of rotatable bonds is 3. The van der Waals surface area contributed by atoms with Crippen LogP contribution >= 0.6 is 0 Å². The molecule has 1 atom stereocenters. The standard InChI is InChI=1S/C19H18N2/c1-2-16(13-7-8-17-15(11-13)9-10-20-17)19-12-14-5-3-4-6-18(14)21-19/h3-12,16,20-21H,2H2,1H3. The first-order valence-corrected chi connectivity index (χ1v) is 7.50. The molecule has 2 nitrogen and oxygen atoms in total. The second-order valence-electron chi connectivity index (χ2n) is 5.60. The van der Waals surface area contributed by atoms with Crippen molar-refractivity contribution >= 4 is 21.8 Å². The molecule has 2 aromatic heterocycles. The van der Waals surface area contributed by atoms with Gasteiger partial charge in [-0.1, -0.05) is 31.2 Å². The monoisotopic (exact) mass is 274 g/mol. The largest absolute Gasteiger partial charge is 0.361 e. The van der Waals surface area contributed by atoms with E-state index in [2.05, 4.69) is 71.5 Å². The first-order chi connectivity index (χ1) is 10.3. The minimum absolute atomic E-state index is 0.414. The van der Waals surface area contributed by atoms with Gasteiger partial charge in [-0.25, -0.2) is 0 Å². The smallest absolute Gasteiger partial charge is 0.0456 e. The molecular weight excluding hydrogens is 256 g/mol. The molecule has 0 radical (unpaired) electrons. The molecule has 2 heteroatoms. The van der Waals surface area contributed by atoms with Crippen molar-refractivity contribution in [3.05, 3.63) is 72.1 Å². The summed E-state index contributed by atoms with van der Waals surface area (Å²) in [4.78, 5) is 6.84. The van der Waals surface area contributed by atoms with Gasteiger partial charge in [0.1, 0.15) is 0 Å². The molecule has 0 bridgehead atoms. The zero-order chi connectivity index (χ0) is 14.2. The Kier molecular flexibility index (Phi) is 2.81. The maximum atomic E-state index is 3.58. The molecule has 0 aliphatic heterocycles. The SMILES string of the molecule is CCC(c1ccc2[nH]ccc2c1)c1cc2ccccc2[nH]1. The van der Waals surface area contributed by atoms with Crippen molar-refractivity contribution in [1.82, 2.24) is 9.97 Å². The predicted octanol–water partition coefficient (Wildman–Crippen LogP) is 5.19. The zero-order valence-corrected chi connectivity index (χ0v) is 12.1. The highest BCUT2D eigenvalue weighted by Crippen LogP contribution is 2.31. The van der Waals surface area contributed by atoms with Crippen molar-refractivity contribution in [3.8, 4) is 0 Å². The summed E-state index contributed by atoms with van der Waals surface area (Å²) >= 11 is 0. The summed E-state index contributed by atoms with van der Waals surface area (Å²) in [5.41, 5.74) is 5.09. The maximum absolute atomic E-state index is 3.58. The third-order valence-electron chi connectivity index (χ3n) is 4.31. The van der Waals surface area contributed by atoms with Crippen molar-refractivity contribution in [1.29, 1.82) is 0 Å². The Morgan fingerprint density at radius 2 is 1.76 bits per heavy atom. The fraction of sp³-hybridized carbons (Fsp3) is 0.158. The van der Waals surface area contributed by atoms with E-state index in [0.29, 0.717) is 5.92 Å². The first kappa shape index (κ1) is 12.3. The Morgan fingerprint density at radius 3 is 2.62 bits per heavy atom. The fourth-order valence-corrected chi connectivity index (χ4v) is 3.21. The summed E-state index contributed by atoms with van der Waals surface area (Å²) in [7, 11) is 0. The van der Waals surface area contributed by atoms with E-state index in [1.54, 1.807) is 0 Å². The van der Waals surface area contributed by atoms with E-state index in [-0.39, 0.29) is 0 Å². The molecule has 0 saturated carbocycles. The number of H-pyrrole nitrogens is 2. The lowest BCUT2D eigenvalue weighted by molar-refractivity contribution is 0.759. The van der Waals surface area contributed by atoms with Crippen molar-refractivity contribution in [2.45, 2.75) is 19.3 Å². The van der Waals surface area contributed by atoms with Crippen LogP contribution in [0.2, 0.25) is 0 Å². The fourth-order valence-electron chi connectivity index (χ4n) is 3.21. The number of para-hydroxylation sites is 1. The zero-order valence-electron chi connectivity index (χ0n) is 12.1. The topological polar surface area (TPSA) is 31.6 Å². The molecule has 2 heterocycles. The molecule has 0 aliphatic carbocycles. The second kappa shape index (κ2) is 4.81. The molecule has 0 spiro atoms. The molecule has 0 amide bonds. The quantitative estimate of drug-likeness (QED) is 0.515. The highest BCUT2D eigenvalue weighted by molar-refractivity contribution is 5.82. The molecule has 21 heavy (non-hydrogen) atoms. The van der Waals surface area contributed by atoms with Crippen molar-refractivity contribution in [2.75, 3.05) is 0 Å². The number of hydrogen-bond donors (Lipinski definition) is 2. The molecule has 104 valence electrons. The second-order valence-corrected chi connectivity index (χ2v) is 5.60. The average molecular weight is 274 g/mol. The summed E-state index contributed by atoms with van der Waals surface area (Å²) in [5.74, 6) is 0.414. The Hall–Kier alpha value is -2.48. The van der Waals surface area contributed by atoms with Gasteiger partial charge in [0.2, 0.25) is 0 Å². The Balaban J connectivity index is 1.82. The van der Waals surface area contributed by atoms with Crippen molar-refractivity contribution in [3.63, 3.8) is 0 Å². The van der Waals surface area contributed by atoms with E-state index < -0.39 is 0 Å². The van der Waals surface area contributed by atoms with E-state index in [9.17, 15) is 0 Å². The van der Waals surface area contributed by atoms with Crippen molar-refractivity contribution < 1.29 is 0 Å². The lowest BCUT2D eigenvalue weighted by atomic mass is 9.92. The van der Waals surface area contributed by atoms with Crippen LogP contribution in [0.3, 0.4) is 0 Å². The minimum atomic E-state index is 0.414. The van der Waals surface area contributed by atoms with E-state index in [0.717, 1.165) is 6.42 Å². The van der Waals surface area contributed by atoms with Gasteiger partial charge in [0.05, 0.1) is 0 Å². The van der Waals surface area contributed by atoms with Gasteiger partial charge in [0.15, 0.2) is 0 Å². The van der Waals surface area contributed by atoms with Gasteiger partial charge in [-0.15, -0.1) is 0 Å². The molecular formula is C19H18N2. The number of hydrogen-bond acceptors (Lipinski definition) is 0. The third-order valence-corrected chi connectivity index (χ3v) is 4.31. The summed E-state index contributed by atoms with van der Waals surface area (Å²) in [6, 6.07) is 19.6. The molecule has 2 N–H and O–H groups in total. The molecule has 0 saturated heterocycles. The normalized spacial score (nSPS) is 13.0. The molecule has 0 fully saturated rings. The summed E-state index contributed by atoms with van der Waals surface area (Å²) < 4.78 is 0. The minimum Gasteiger partial charge on any atom is -0.361 e. The van der Waals surface area contributed by atoms with E-state index >= 15 is 0 Å². The molecule has 4 rings (SSSR count). The highest BCUT2D eigenvalue weighted by Gasteiger charge is 2.15. The number of nitrogens with one attached hydrogen (secondary N) is 2. The molecule has 2 aromatic carbocycles. The highest BCUT2D eigenvalue weighted by atomic mass is 14.7. The van der Waals surface area contributed by atoms with Gasteiger partial charge in [-0.05, 0) is 53.1 Å². The van der Waals surface area contributed by atoms with Crippen LogP contribution in [-0.2, 0) is 0 Å². The number of fused-ring (bicyclic) bond motifs is 2. The Labute approximate surface area is 123 Å². The van der Waals surface area contributed by atoms with E-state index in [1.807, 2.05) is 6.20 Å². The van der Waals surface area contributed by atoms with Crippen LogP contribution in [0.4, 0.5) is 0 Å². The van der Waals surface area contributed by atoms with E-state index in [4.69, 9.17) is 0 Å². The van der Waals surface area contributed by atoms with Crippen LogP contribution < -0.4 is 0 Å². The van der Waals surface area contributed by atoms with E-state index in [1.165, 1.54) is 33.1 Å². The number of aromatic amines is 2. The Morgan fingerprint density at radius 1 is 0.905 bits per heavy atom. The maximum Gasteiger partial charge on any atom is 0.0456 e. The van der Waals surface area contributed by atoms with Crippen LogP contribution in [0.15, 0.2) is 60.8 Å². The molecule has 1 unspecified atom stereocenters. The predicted molar refractivity (Wildman–Crippen MR) is 88.7 cm³/mol. The lowest BCUT2D eigenvalue weighted by Crippen LogP contribution is -1.99. The number of aromatic nitrogens is 2. The van der Waals surface area contributed by atoms with Crippen LogP contribution in [0.25, 0.3) is 21.8 Å². The van der Waals surface area contributed by atoms with Gasteiger partial charge in [0, 0.05) is 28.8 Å². The van der Waals surface area contributed by atoms with Gasteiger partial charge in [-0.3, -0.25) is 0 Å². The molecule has 4 aromatic rings. The molecule has 0 aliphatic rings. The summed E-state index contributed by atoms with van der Waals surface area (Å²) in [6.07, 6.45) is 3.08. The number of benzene rings is 2.